The molecular formula is C23H25FN4O2S. The minimum Gasteiger partial charge on any atom is -0.486 e. The first-order valence-electron chi connectivity index (χ1n) is 10.3. The van der Waals surface area contributed by atoms with Crippen molar-refractivity contribution in [2.75, 3.05) is 11.1 Å². The number of benzene rings is 2. The van der Waals surface area contributed by atoms with Crippen LogP contribution in [0.4, 0.5) is 10.1 Å². The fraction of sp³-hybridized carbons (Fsp3) is 0.348. The molecule has 1 aromatic heterocycles. The van der Waals surface area contributed by atoms with Gasteiger partial charge in [0.2, 0.25) is 5.91 Å². The lowest BCUT2D eigenvalue weighted by Gasteiger charge is -2.16. The molecule has 0 spiro atoms. The Morgan fingerprint density at radius 3 is 2.81 bits per heavy atom. The Morgan fingerprint density at radius 2 is 1.97 bits per heavy atom. The molecule has 0 bridgehead atoms. The Labute approximate surface area is 185 Å². The number of rotatable bonds is 7. The van der Waals surface area contributed by atoms with Crippen LogP contribution >= 0.6 is 11.8 Å². The van der Waals surface area contributed by atoms with E-state index in [0.717, 1.165) is 24.2 Å². The number of fused-ring (bicyclic) bond motifs is 1. The summed E-state index contributed by atoms with van der Waals surface area (Å²) in [5.41, 5.74) is 4.07. The van der Waals surface area contributed by atoms with Gasteiger partial charge in [-0.25, -0.2) is 4.39 Å². The highest BCUT2D eigenvalue weighted by Crippen LogP contribution is 2.26. The van der Waals surface area contributed by atoms with Gasteiger partial charge in [0.15, 0.2) is 11.0 Å². The smallest absolute Gasteiger partial charge is 0.234 e. The second-order valence-electron chi connectivity index (χ2n) is 7.68. The second kappa shape index (κ2) is 9.51. The van der Waals surface area contributed by atoms with Crippen LogP contribution in [0.3, 0.4) is 0 Å². The van der Waals surface area contributed by atoms with Gasteiger partial charge in [-0.2, -0.15) is 0 Å². The van der Waals surface area contributed by atoms with Crippen molar-refractivity contribution < 1.29 is 13.9 Å². The molecule has 0 radical (unpaired) electrons. The zero-order valence-electron chi connectivity index (χ0n) is 17.7. The third kappa shape index (κ3) is 5.25. The molecule has 0 unspecified atom stereocenters. The third-order valence-corrected chi connectivity index (χ3v) is 6.44. The Hall–Kier alpha value is -2.87. The van der Waals surface area contributed by atoms with Crippen molar-refractivity contribution in [1.29, 1.82) is 0 Å². The summed E-state index contributed by atoms with van der Waals surface area (Å²) in [6.07, 6.45) is 4.74. The Morgan fingerprint density at radius 1 is 1.16 bits per heavy atom. The largest absolute Gasteiger partial charge is 0.486 e. The van der Waals surface area contributed by atoms with Gasteiger partial charge in [0.05, 0.1) is 5.75 Å². The van der Waals surface area contributed by atoms with Gasteiger partial charge in [-0.3, -0.25) is 4.79 Å². The maximum Gasteiger partial charge on any atom is 0.234 e. The minimum absolute atomic E-state index is 0.146. The summed E-state index contributed by atoms with van der Waals surface area (Å²) >= 11 is 1.27. The predicted octanol–water partition coefficient (Wildman–Crippen LogP) is 4.45. The van der Waals surface area contributed by atoms with E-state index in [1.54, 1.807) is 6.07 Å². The number of nitrogens with zero attached hydrogens (tertiary/aromatic N) is 3. The molecule has 0 saturated carbocycles. The Kier molecular flexibility index (Phi) is 6.56. The van der Waals surface area contributed by atoms with Gasteiger partial charge in [-0.1, -0.05) is 23.9 Å². The van der Waals surface area contributed by atoms with Crippen molar-refractivity contribution in [2.45, 2.75) is 44.4 Å². The van der Waals surface area contributed by atoms with Crippen LogP contribution in [0.2, 0.25) is 0 Å². The van der Waals surface area contributed by atoms with Gasteiger partial charge in [0.25, 0.3) is 0 Å². The van der Waals surface area contributed by atoms with E-state index in [1.165, 1.54) is 47.9 Å². The summed E-state index contributed by atoms with van der Waals surface area (Å²) in [6.45, 7) is 2.12. The molecule has 3 aromatic rings. The number of carbonyl (C=O) groups is 1. The molecule has 4 rings (SSSR count). The van der Waals surface area contributed by atoms with Crippen LogP contribution in [0, 0.1) is 12.7 Å². The second-order valence-corrected chi connectivity index (χ2v) is 8.62. The monoisotopic (exact) mass is 440 g/mol. The van der Waals surface area contributed by atoms with Crippen LogP contribution in [-0.4, -0.2) is 26.4 Å². The average Bonchev–Trinajstić information content (AvgIpc) is 3.12. The lowest BCUT2D eigenvalue weighted by Crippen LogP contribution is -2.15. The highest BCUT2D eigenvalue weighted by molar-refractivity contribution is 7.99. The molecule has 0 saturated heterocycles. The van der Waals surface area contributed by atoms with Crippen molar-refractivity contribution in [2.24, 2.45) is 7.05 Å². The predicted molar refractivity (Wildman–Crippen MR) is 119 cm³/mol. The van der Waals surface area contributed by atoms with Gasteiger partial charge >= 0.3 is 0 Å². The fourth-order valence-electron chi connectivity index (χ4n) is 3.59. The molecule has 31 heavy (non-hydrogen) atoms. The first-order chi connectivity index (χ1) is 15.0. The minimum atomic E-state index is -0.384. The van der Waals surface area contributed by atoms with Gasteiger partial charge in [-0.05, 0) is 73.6 Å². The summed E-state index contributed by atoms with van der Waals surface area (Å²) in [6, 6.07) is 10.6. The molecule has 2 aromatic carbocycles. The Balaban J connectivity index is 1.32. The zero-order chi connectivity index (χ0) is 21.8. The number of ether oxygens (including phenoxy) is 1. The number of amides is 1. The number of thioether (sulfide) groups is 1. The molecule has 1 aliphatic rings. The molecular weight excluding hydrogens is 415 g/mol. The van der Waals surface area contributed by atoms with Crippen LogP contribution in [0.1, 0.15) is 35.4 Å². The topological polar surface area (TPSA) is 69.0 Å². The van der Waals surface area contributed by atoms with E-state index in [1.807, 2.05) is 24.6 Å². The molecule has 0 atom stereocenters. The molecule has 1 N–H and O–H groups in total. The van der Waals surface area contributed by atoms with E-state index in [9.17, 15) is 9.18 Å². The number of halogens is 1. The number of anilines is 1. The molecule has 6 nitrogen and oxygen atoms in total. The molecule has 162 valence electrons. The normalized spacial score (nSPS) is 13.0. The van der Waals surface area contributed by atoms with Gasteiger partial charge in [0.1, 0.15) is 18.2 Å². The van der Waals surface area contributed by atoms with E-state index < -0.39 is 0 Å². The quantitative estimate of drug-likeness (QED) is 0.550. The summed E-state index contributed by atoms with van der Waals surface area (Å²) in [5, 5.41) is 11.7. The van der Waals surface area contributed by atoms with E-state index in [4.69, 9.17) is 4.74 Å². The Bertz CT molecular complexity index is 1100. The molecule has 0 aliphatic heterocycles. The summed E-state index contributed by atoms with van der Waals surface area (Å²) < 4.78 is 21.1. The van der Waals surface area contributed by atoms with E-state index in [2.05, 4.69) is 27.6 Å². The number of hydrogen-bond donors (Lipinski definition) is 1. The highest BCUT2D eigenvalue weighted by atomic mass is 32.2. The lowest BCUT2D eigenvalue weighted by atomic mass is 9.92. The molecule has 0 fully saturated rings. The molecule has 1 amide bonds. The van der Waals surface area contributed by atoms with Crippen molar-refractivity contribution >= 4 is 23.4 Å². The average molecular weight is 441 g/mol. The third-order valence-electron chi connectivity index (χ3n) is 5.42. The van der Waals surface area contributed by atoms with Crippen LogP contribution in [0.25, 0.3) is 0 Å². The van der Waals surface area contributed by atoms with Crippen LogP contribution < -0.4 is 10.1 Å². The number of aromatic nitrogens is 3. The number of carbonyl (C=O) groups excluding carboxylic acids is 1. The van der Waals surface area contributed by atoms with Crippen molar-refractivity contribution in [1.82, 2.24) is 14.8 Å². The van der Waals surface area contributed by atoms with Crippen molar-refractivity contribution in [3.63, 3.8) is 0 Å². The van der Waals surface area contributed by atoms with E-state index in [-0.39, 0.29) is 17.5 Å². The fourth-order valence-corrected chi connectivity index (χ4v) is 4.32. The lowest BCUT2D eigenvalue weighted by molar-refractivity contribution is -0.113. The first-order valence-corrected chi connectivity index (χ1v) is 11.3. The van der Waals surface area contributed by atoms with Gasteiger partial charge < -0.3 is 14.6 Å². The maximum absolute atomic E-state index is 13.4. The van der Waals surface area contributed by atoms with Gasteiger partial charge in [0, 0.05) is 12.7 Å². The van der Waals surface area contributed by atoms with Crippen LogP contribution in [0.15, 0.2) is 41.6 Å². The summed E-state index contributed by atoms with van der Waals surface area (Å²) in [7, 11) is 1.85. The van der Waals surface area contributed by atoms with Crippen molar-refractivity contribution in [3.8, 4) is 5.75 Å². The van der Waals surface area contributed by atoms with Crippen LogP contribution in [0.5, 0.6) is 5.75 Å². The van der Waals surface area contributed by atoms with E-state index in [0.29, 0.717) is 23.3 Å². The summed E-state index contributed by atoms with van der Waals surface area (Å²) in [4.78, 5) is 12.3. The zero-order valence-corrected chi connectivity index (χ0v) is 18.5. The SMILES string of the molecule is Cc1ccc(F)cc1NC(=O)CSc1nnc(COc2ccc3c(c2)CCCC3)n1C. The molecule has 1 heterocycles. The standard InChI is InChI=1S/C23H25FN4O2S/c1-15-7-9-18(24)12-20(15)25-22(29)14-31-23-27-26-21(28(23)2)13-30-19-10-8-16-5-3-4-6-17(16)11-19/h7-12H,3-6,13-14H2,1-2H3,(H,25,29). The van der Waals surface area contributed by atoms with Crippen molar-refractivity contribution in [3.05, 3.63) is 64.7 Å². The number of aryl methyl sites for hydroxylation is 3. The van der Waals surface area contributed by atoms with E-state index >= 15 is 0 Å². The summed E-state index contributed by atoms with van der Waals surface area (Å²) in [5.74, 6) is 1.05. The number of hydrogen-bond acceptors (Lipinski definition) is 5. The first kappa shape index (κ1) is 21.4. The highest BCUT2D eigenvalue weighted by Gasteiger charge is 2.14. The van der Waals surface area contributed by atoms with Gasteiger partial charge in [-0.15, -0.1) is 10.2 Å². The molecule has 1 aliphatic carbocycles. The number of nitrogens with one attached hydrogen (secondary N) is 1. The van der Waals surface area contributed by atoms with Crippen LogP contribution in [-0.2, 0) is 31.3 Å². The maximum atomic E-state index is 13.4. The molecule has 8 heteroatoms.